The normalized spacial score (nSPS) is 11.4. The fourth-order valence-corrected chi connectivity index (χ4v) is 2.44. The number of nitrogens with one attached hydrogen (secondary N) is 1. The van der Waals surface area contributed by atoms with Crippen LogP contribution in [-0.4, -0.2) is 38.0 Å². The van der Waals surface area contributed by atoms with Gasteiger partial charge < -0.3 is 4.90 Å². The van der Waals surface area contributed by atoms with Crippen molar-refractivity contribution in [1.29, 1.82) is 0 Å². The molecule has 0 bridgehead atoms. The van der Waals surface area contributed by atoms with E-state index in [1.807, 2.05) is 6.07 Å². The lowest BCUT2D eigenvalue weighted by Crippen LogP contribution is -2.36. The zero-order valence-electron chi connectivity index (χ0n) is 11.1. The van der Waals surface area contributed by atoms with Crippen LogP contribution in [0.1, 0.15) is 26.7 Å². The number of fused-ring (bicyclic) bond motifs is 1. The summed E-state index contributed by atoms with van der Waals surface area (Å²) in [6.07, 6.45) is 3.54. The second-order valence-corrected chi connectivity index (χ2v) is 4.73. The Labute approximate surface area is 116 Å². The van der Waals surface area contributed by atoms with Gasteiger partial charge in [0, 0.05) is 24.5 Å². The Hall–Kier alpha value is -1.56. The first-order valence-electron chi connectivity index (χ1n) is 6.46. The van der Waals surface area contributed by atoms with E-state index in [9.17, 15) is 4.79 Å². The Bertz CT molecular complexity index is 589. The van der Waals surface area contributed by atoms with E-state index in [2.05, 4.69) is 33.9 Å². The van der Waals surface area contributed by atoms with Crippen molar-refractivity contribution in [2.75, 3.05) is 17.3 Å². The molecule has 0 aliphatic carbocycles. The first-order chi connectivity index (χ1) is 9.21. The van der Waals surface area contributed by atoms with Gasteiger partial charge in [0.2, 0.25) is 0 Å². The monoisotopic (exact) mass is 283 g/mol. The number of nitrogens with zero attached hydrogens (tertiary/aromatic N) is 4. The Morgan fingerprint density at radius 2 is 2.21 bits per heavy atom. The molecule has 0 aromatic carbocycles. The van der Waals surface area contributed by atoms with Gasteiger partial charge in [0.15, 0.2) is 5.65 Å². The van der Waals surface area contributed by atoms with Crippen LogP contribution in [-0.2, 0) is 0 Å². The maximum absolute atomic E-state index is 11.4. The molecular formula is C12H18ClN5O. The first kappa shape index (κ1) is 13.9. The zero-order valence-corrected chi connectivity index (χ0v) is 11.9. The highest BCUT2D eigenvalue weighted by Gasteiger charge is 2.17. The van der Waals surface area contributed by atoms with E-state index in [0.29, 0.717) is 17.6 Å². The second kappa shape index (κ2) is 6.06. The highest BCUT2D eigenvalue weighted by molar-refractivity contribution is 6.18. The Morgan fingerprint density at radius 1 is 1.47 bits per heavy atom. The summed E-state index contributed by atoms with van der Waals surface area (Å²) in [5, 5.41) is 6.36. The molecule has 0 saturated heterocycles. The molecule has 6 nitrogen and oxygen atoms in total. The molecule has 0 saturated carbocycles. The van der Waals surface area contributed by atoms with E-state index in [0.717, 1.165) is 25.2 Å². The Kier molecular flexibility index (Phi) is 4.42. The Morgan fingerprint density at radius 3 is 2.84 bits per heavy atom. The van der Waals surface area contributed by atoms with Gasteiger partial charge in [-0.15, -0.1) is 11.6 Å². The molecule has 2 aromatic heterocycles. The average Bonchev–Trinajstić information content (AvgIpc) is 2.80. The van der Waals surface area contributed by atoms with Crippen LogP contribution in [0, 0.1) is 0 Å². The fraction of sp³-hybridized carbons (Fsp3) is 0.583. The van der Waals surface area contributed by atoms with Gasteiger partial charge in [0.1, 0.15) is 12.1 Å². The van der Waals surface area contributed by atoms with Gasteiger partial charge >= 0.3 is 5.69 Å². The van der Waals surface area contributed by atoms with Crippen LogP contribution in [0.25, 0.3) is 5.65 Å². The lowest BCUT2D eigenvalue weighted by Gasteiger charge is -2.30. The van der Waals surface area contributed by atoms with E-state index in [1.165, 1.54) is 10.7 Å². The van der Waals surface area contributed by atoms with E-state index in [4.69, 9.17) is 11.6 Å². The highest BCUT2D eigenvalue weighted by Crippen LogP contribution is 2.18. The number of hydrogen-bond acceptors (Lipinski definition) is 4. The van der Waals surface area contributed by atoms with Crippen LogP contribution in [0.3, 0.4) is 0 Å². The predicted octanol–water partition coefficient (Wildman–Crippen LogP) is 1.65. The molecule has 7 heteroatoms. The number of hydrogen-bond donors (Lipinski definition) is 1. The molecular weight excluding hydrogens is 266 g/mol. The van der Waals surface area contributed by atoms with Crippen molar-refractivity contribution in [3.8, 4) is 0 Å². The molecule has 0 spiro atoms. The van der Waals surface area contributed by atoms with Gasteiger partial charge in [-0.25, -0.2) is 19.3 Å². The summed E-state index contributed by atoms with van der Waals surface area (Å²) in [5.74, 6) is 1.34. The van der Waals surface area contributed by atoms with Crippen LogP contribution in [0.5, 0.6) is 0 Å². The minimum atomic E-state index is -0.277. The molecule has 104 valence electrons. The third-order valence-corrected chi connectivity index (χ3v) is 3.47. The molecule has 2 rings (SSSR count). The summed E-state index contributed by atoms with van der Waals surface area (Å²) >= 11 is 5.88. The van der Waals surface area contributed by atoms with Crippen LogP contribution in [0.4, 0.5) is 5.82 Å². The zero-order chi connectivity index (χ0) is 13.8. The maximum Gasteiger partial charge on any atom is 0.348 e. The summed E-state index contributed by atoms with van der Waals surface area (Å²) in [6, 6.07) is 2.20. The number of anilines is 1. The summed E-state index contributed by atoms with van der Waals surface area (Å²) in [7, 11) is 0. The summed E-state index contributed by atoms with van der Waals surface area (Å²) < 4.78 is 1.38. The average molecular weight is 284 g/mol. The largest absolute Gasteiger partial charge is 0.352 e. The van der Waals surface area contributed by atoms with Crippen molar-refractivity contribution in [2.24, 2.45) is 0 Å². The van der Waals surface area contributed by atoms with Gasteiger partial charge in [-0.1, -0.05) is 13.8 Å². The molecule has 19 heavy (non-hydrogen) atoms. The molecule has 0 aliphatic heterocycles. The number of rotatable bonds is 6. The molecule has 2 heterocycles. The van der Waals surface area contributed by atoms with Crippen LogP contribution in [0.2, 0.25) is 0 Å². The molecule has 0 amide bonds. The summed E-state index contributed by atoms with van der Waals surface area (Å²) in [6.45, 7) is 5.02. The molecule has 0 aliphatic rings. The topological polar surface area (TPSA) is 66.3 Å². The third-order valence-electron chi connectivity index (χ3n) is 3.30. The van der Waals surface area contributed by atoms with Gasteiger partial charge in [-0.3, -0.25) is 0 Å². The smallest absolute Gasteiger partial charge is 0.348 e. The van der Waals surface area contributed by atoms with Crippen LogP contribution >= 0.6 is 11.6 Å². The van der Waals surface area contributed by atoms with Crippen LogP contribution in [0.15, 0.2) is 17.2 Å². The minimum Gasteiger partial charge on any atom is -0.352 e. The predicted molar refractivity (Wildman–Crippen MR) is 76.0 cm³/mol. The van der Waals surface area contributed by atoms with Gasteiger partial charge in [0.25, 0.3) is 0 Å². The number of alkyl halides is 1. The van der Waals surface area contributed by atoms with Crippen molar-refractivity contribution in [1.82, 2.24) is 19.6 Å². The summed E-state index contributed by atoms with van der Waals surface area (Å²) in [5.41, 5.74) is 0.293. The quantitative estimate of drug-likeness (QED) is 0.819. The minimum absolute atomic E-state index is 0.277. The number of H-pyrrole nitrogens is 1. The molecule has 0 fully saturated rings. The molecule has 0 unspecified atom stereocenters. The second-order valence-electron chi connectivity index (χ2n) is 4.36. The third kappa shape index (κ3) is 2.73. The van der Waals surface area contributed by atoms with Crippen molar-refractivity contribution in [3.63, 3.8) is 0 Å². The van der Waals surface area contributed by atoms with Gasteiger partial charge in [-0.05, 0) is 12.8 Å². The SMILES string of the molecule is CCC(CC)N(CCCl)c1cc2n[nH]c(=O)n2cn1. The first-order valence-corrected chi connectivity index (χ1v) is 7.00. The fourth-order valence-electron chi connectivity index (χ4n) is 2.26. The lowest BCUT2D eigenvalue weighted by molar-refractivity contribution is 0.562. The number of halogens is 1. The molecule has 2 aromatic rings. The number of aromatic amines is 1. The summed E-state index contributed by atoms with van der Waals surface area (Å²) in [4.78, 5) is 17.9. The highest BCUT2D eigenvalue weighted by atomic mass is 35.5. The van der Waals surface area contributed by atoms with Crippen molar-refractivity contribution in [3.05, 3.63) is 22.9 Å². The number of aromatic nitrogens is 4. The van der Waals surface area contributed by atoms with Crippen molar-refractivity contribution >= 4 is 23.1 Å². The van der Waals surface area contributed by atoms with Gasteiger partial charge in [-0.2, -0.15) is 5.10 Å². The molecule has 0 atom stereocenters. The maximum atomic E-state index is 11.4. The lowest BCUT2D eigenvalue weighted by atomic mass is 10.1. The van der Waals surface area contributed by atoms with Crippen LogP contribution < -0.4 is 10.6 Å². The van der Waals surface area contributed by atoms with Crippen molar-refractivity contribution in [2.45, 2.75) is 32.7 Å². The van der Waals surface area contributed by atoms with Gasteiger partial charge in [0.05, 0.1) is 0 Å². The van der Waals surface area contributed by atoms with E-state index in [-0.39, 0.29) is 5.69 Å². The molecule has 1 N–H and O–H groups in total. The van der Waals surface area contributed by atoms with E-state index < -0.39 is 0 Å². The van der Waals surface area contributed by atoms with E-state index >= 15 is 0 Å². The Balaban J connectivity index is 2.40. The van der Waals surface area contributed by atoms with Crippen molar-refractivity contribution < 1.29 is 0 Å². The standard InChI is InChI=1S/C12H18ClN5O/c1-3-9(4-2)17(6-5-13)10-7-11-15-16-12(19)18(11)8-14-10/h7-9H,3-6H2,1-2H3,(H,16,19). The molecule has 0 radical (unpaired) electrons. The van der Waals surface area contributed by atoms with E-state index in [1.54, 1.807) is 0 Å².